The summed E-state index contributed by atoms with van der Waals surface area (Å²) in [5.74, 6) is 0. The number of rotatable bonds is 5. The molecule has 0 N–H and O–H groups in total. The van der Waals surface area contributed by atoms with E-state index in [-0.39, 0.29) is 17.0 Å². The lowest BCUT2D eigenvalue weighted by molar-refractivity contribution is -0.00000540. The highest BCUT2D eigenvalue weighted by Crippen LogP contribution is 2.58. The zero-order valence-corrected chi connectivity index (χ0v) is 20.4. The van der Waals surface area contributed by atoms with Crippen LogP contribution in [0.15, 0.2) is 114 Å². The second kappa shape index (κ2) is 9.85. The molecule has 0 aliphatic heterocycles. The highest BCUT2D eigenvalue weighted by molar-refractivity contribution is 9.10. The summed E-state index contributed by atoms with van der Waals surface area (Å²) in [6, 6.07) is 39.8. The molecule has 0 saturated carbocycles. The molecule has 0 heterocycles. The Labute approximate surface area is 193 Å². The van der Waals surface area contributed by atoms with Crippen LogP contribution in [0.2, 0.25) is 0 Å². The van der Waals surface area contributed by atoms with E-state index in [1.54, 1.807) is 0 Å². The van der Waals surface area contributed by atoms with Gasteiger partial charge in [0.25, 0.3) is 0 Å². The summed E-state index contributed by atoms with van der Waals surface area (Å²) < 4.78 is 1.22. The zero-order chi connectivity index (χ0) is 19.4. The van der Waals surface area contributed by atoms with E-state index >= 15 is 0 Å². The third-order valence-corrected chi connectivity index (χ3v) is 10.8. The van der Waals surface area contributed by atoms with Gasteiger partial charge in [0.2, 0.25) is 0 Å². The smallest absolute Gasteiger partial charge is 0.116 e. The summed E-state index contributed by atoms with van der Waals surface area (Å²) in [6.45, 7) is 2.17. The van der Waals surface area contributed by atoms with E-state index in [0.717, 1.165) is 6.16 Å². The van der Waals surface area contributed by atoms with Gasteiger partial charge in [0.1, 0.15) is 23.2 Å². The minimum atomic E-state index is -1.85. The van der Waals surface area contributed by atoms with Gasteiger partial charge in [-0.05, 0) is 48.9 Å². The molecule has 0 atom stereocenters. The fourth-order valence-electron chi connectivity index (χ4n) is 3.85. The predicted molar refractivity (Wildman–Crippen MR) is 128 cm³/mol. The van der Waals surface area contributed by atoms with Crippen LogP contribution in [0.5, 0.6) is 0 Å². The Bertz CT molecular complexity index is 951. The van der Waals surface area contributed by atoms with Crippen molar-refractivity contribution in [2.24, 2.45) is 0 Å². The fraction of sp³-hybridized carbons (Fsp3) is 0.0769. The first-order valence-electron chi connectivity index (χ1n) is 9.51. The lowest BCUT2D eigenvalue weighted by atomic mass is 10.2. The Morgan fingerprint density at radius 1 is 0.586 bits per heavy atom. The number of aryl methyl sites for hydroxylation is 1. The maximum Gasteiger partial charge on any atom is 0.116 e. The minimum absolute atomic E-state index is 0. The molecule has 4 aromatic rings. The summed E-state index contributed by atoms with van der Waals surface area (Å²) in [4.78, 5) is 0. The molecule has 0 unspecified atom stereocenters. The van der Waals surface area contributed by atoms with Crippen molar-refractivity contribution < 1.29 is 17.0 Å². The van der Waals surface area contributed by atoms with Crippen LogP contribution in [0.25, 0.3) is 0 Å². The lowest BCUT2D eigenvalue weighted by Crippen LogP contribution is -3.00. The summed E-state index contributed by atoms with van der Waals surface area (Å²) >= 11 is 3.87. The van der Waals surface area contributed by atoms with Gasteiger partial charge in [0.15, 0.2) is 0 Å². The zero-order valence-electron chi connectivity index (χ0n) is 16.3. The van der Waals surface area contributed by atoms with Gasteiger partial charge in [0.05, 0.1) is 6.16 Å². The van der Waals surface area contributed by atoms with Crippen molar-refractivity contribution >= 4 is 39.1 Å². The van der Waals surface area contributed by atoms with Crippen LogP contribution in [-0.2, 0) is 6.16 Å². The van der Waals surface area contributed by atoms with E-state index in [0.29, 0.717) is 0 Å². The molecule has 4 aromatic carbocycles. The van der Waals surface area contributed by atoms with Gasteiger partial charge in [-0.2, -0.15) is 0 Å². The van der Waals surface area contributed by atoms with E-state index < -0.39 is 7.26 Å². The van der Waals surface area contributed by atoms with Crippen LogP contribution in [0, 0.1) is 6.92 Å². The molecule has 0 amide bonds. The molecule has 29 heavy (non-hydrogen) atoms. The standard InChI is InChI=1S/C26H23BrP.BrH/c1-21-12-11-13-22(26(21)27)20-28(23-14-5-2-6-15-23,24-16-7-3-8-17-24)25-18-9-4-10-19-25;/h2-19H,20H2,1H3;1H/q+1;/p-1. The molecule has 0 radical (unpaired) electrons. The monoisotopic (exact) mass is 524 g/mol. The van der Waals surface area contributed by atoms with Crippen molar-refractivity contribution in [1.29, 1.82) is 0 Å². The first-order valence-corrected chi connectivity index (χ1v) is 12.3. The Morgan fingerprint density at radius 2 is 1.00 bits per heavy atom. The Balaban J connectivity index is 0.00000240. The average molecular weight is 526 g/mol. The van der Waals surface area contributed by atoms with Crippen molar-refractivity contribution in [3.8, 4) is 0 Å². The SMILES string of the molecule is Cc1cccc(C[P+](c2ccccc2)(c2ccccc2)c2ccccc2)c1Br.[Br-]. The third kappa shape index (κ3) is 4.40. The Morgan fingerprint density at radius 3 is 1.41 bits per heavy atom. The number of halogens is 2. The normalized spacial score (nSPS) is 11.0. The van der Waals surface area contributed by atoms with Gasteiger partial charge in [0, 0.05) is 10.0 Å². The van der Waals surface area contributed by atoms with Gasteiger partial charge in [-0.25, -0.2) is 0 Å². The molecule has 4 rings (SSSR count). The molecule has 0 aliphatic rings. The van der Waals surface area contributed by atoms with Crippen LogP contribution in [0.1, 0.15) is 11.1 Å². The first-order chi connectivity index (χ1) is 13.7. The van der Waals surface area contributed by atoms with Gasteiger partial charge in [-0.3, -0.25) is 0 Å². The van der Waals surface area contributed by atoms with Crippen LogP contribution in [0.4, 0.5) is 0 Å². The maximum atomic E-state index is 3.87. The molecule has 0 saturated heterocycles. The third-order valence-electron chi connectivity index (χ3n) is 5.27. The minimum Gasteiger partial charge on any atom is -1.00 e. The maximum absolute atomic E-state index is 3.87. The summed E-state index contributed by atoms with van der Waals surface area (Å²) in [6.07, 6.45) is 0.993. The van der Waals surface area contributed by atoms with Crippen molar-refractivity contribution in [2.75, 3.05) is 0 Å². The summed E-state index contributed by atoms with van der Waals surface area (Å²) in [5.41, 5.74) is 2.65. The van der Waals surface area contributed by atoms with Gasteiger partial charge >= 0.3 is 0 Å². The van der Waals surface area contributed by atoms with Crippen molar-refractivity contribution in [3.63, 3.8) is 0 Å². The predicted octanol–water partition coefficient (Wildman–Crippen LogP) is 3.26. The molecule has 146 valence electrons. The highest BCUT2D eigenvalue weighted by atomic mass is 79.9. The molecular weight excluding hydrogens is 503 g/mol. The number of hydrogen-bond donors (Lipinski definition) is 0. The second-order valence-corrected chi connectivity index (χ2v) is 11.3. The fourth-order valence-corrected chi connectivity index (χ4v) is 8.74. The first kappa shape index (κ1) is 22.0. The van der Waals surface area contributed by atoms with Crippen LogP contribution >= 0.6 is 23.2 Å². The van der Waals surface area contributed by atoms with E-state index in [1.807, 2.05) is 0 Å². The topological polar surface area (TPSA) is 0 Å². The molecular formula is C26H23Br2P. The Kier molecular flexibility index (Phi) is 7.46. The lowest BCUT2D eigenvalue weighted by Gasteiger charge is -2.28. The van der Waals surface area contributed by atoms with E-state index in [9.17, 15) is 0 Å². The number of hydrogen-bond acceptors (Lipinski definition) is 0. The largest absolute Gasteiger partial charge is 1.00 e. The Hall–Kier alpha value is -1.73. The molecule has 0 aromatic heterocycles. The van der Waals surface area contributed by atoms with E-state index in [1.165, 1.54) is 31.5 Å². The van der Waals surface area contributed by atoms with Crippen LogP contribution in [0.3, 0.4) is 0 Å². The van der Waals surface area contributed by atoms with Crippen molar-refractivity contribution in [1.82, 2.24) is 0 Å². The quantitative estimate of drug-likeness (QED) is 0.351. The molecule has 0 spiro atoms. The van der Waals surface area contributed by atoms with Crippen molar-refractivity contribution in [2.45, 2.75) is 13.1 Å². The van der Waals surface area contributed by atoms with E-state index in [2.05, 4.69) is 132 Å². The van der Waals surface area contributed by atoms with Crippen molar-refractivity contribution in [3.05, 3.63) is 125 Å². The molecule has 0 fully saturated rings. The molecule has 0 bridgehead atoms. The van der Waals surface area contributed by atoms with Gasteiger partial charge < -0.3 is 17.0 Å². The number of benzene rings is 4. The van der Waals surface area contributed by atoms with Gasteiger partial charge in [-0.15, -0.1) is 0 Å². The van der Waals surface area contributed by atoms with E-state index in [4.69, 9.17) is 0 Å². The second-order valence-electron chi connectivity index (χ2n) is 7.02. The van der Waals surface area contributed by atoms with Crippen LogP contribution in [-0.4, -0.2) is 0 Å². The van der Waals surface area contributed by atoms with Gasteiger partial charge in [-0.1, -0.05) is 88.7 Å². The van der Waals surface area contributed by atoms with Crippen LogP contribution < -0.4 is 32.9 Å². The summed E-state index contributed by atoms with van der Waals surface area (Å²) in [7, 11) is -1.85. The highest BCUT2D eigenvalue weighted by Gasteiger charge is 2.45. The summed E-state index contributed by atoms with van der Waals surface area (Å²) in [5, 5.41) is 4.25. The molecule has 3 heteroatoms. The molecule has 0 nitrogen and oxygen atoms in total. The molecule has 0 aliphatic carbocycles. The average Bonchev–Trinajstić information content (AvgIpc) is 2.77.